The van der Waals surface area contributed by atoms with Crippen LogP contribution in [-0.4, -0.2) is 18.9 Å². The zero-order valence-electron chi connectivity index (χ0n) is 14.6. The molecule has 0 heterocycles. The lowest BCUT2D eigenvalue weighted by atomic mass is 9.95. The molecule has 0 atom stereocenters. The average Bonchev–Trinajstić information content (AvgIpc) is 2.54. The number of anilines is 2. The van der Waals surface area contributed by atoms with Gasteiger partial charge < -0.3 is 15.4 Å². The molecular weight excluding hydrogens is 384 g/mol. The first-order chi connectivity index (χ1) is 11.7. The summed E-state index contributed by atoms with van der Waals surface area (Å²) < 4.78 is 6.09. The number of halogens is 1. The third-order valence-electron chi connectivity index (χ3n) is 3.47. The highest BCUT2D eigenvalue weighted by Gasteiger charge is 2.21. The lowest BCUT2D eigenvalue weighted by Gasteiger charge is -2.18. The molecule has 0 aliphatic heterocycles. The van der Waals surface area contributed by atoms with Gasteiger partial charge in [0.25, 0.3) is 5.91 Å². The lowest BCUT2D eigenvalue weighted by molar-refractivity contribution is -0.123. The molecule has 5 nitrogen and oxygen atoms in total. The molecule has 0 radical (unpaired) electrons. The summed E-state index contributed by atoms with van der Waals surface area (Å²) in [6.45, 7) is 5.50. The van der Waals surface area contributed by atoms with Crippen molar-refractivity contribution in [3.63, 3.8) is 0 Å². The Hall–Kier alpha value is -2.34. The van der Waals surface area contributed by atoms with Crippen molar-refractivity contribution in [2.75, 3.05) is 17.7 Å². The maximum Gasteiger partial charge on any atom is 0.255 e. The van der Waals surface area contributed by atoms with E-state index in [1.807, 2.05) is 26.8 Å². The zero-order valence-corrected chi connectivity index (χ0v) is 16.2. The molecule has 0 saturated carbocycles. The number of ether oxygens (including phenoxy) is 1. The molecule has 0 aliphatic carbocycles. The van der Waals surface area contributed by atoms with Crippen LogP contribution in [0.1, 0.15) is 31.1 Å². The van der Waals surface area contributed by atoms with E-state index >= 15 is 0 Å². The number of carbonyl (C=O) groups is 2. The summed E-state index contributed by atoms with van der Waals surface area (Å²) in [4.78, 5) is 24.6. The fraction of sp³-hybridized carbons (Fsp3) is 0.263. The highest BCUT2D eigenvalue weighted by Crippen LogP contribution is 2.28. The van der Waals surface area contributed by atoms with Gasteiger partial charge in [-0.25, -0.2) is 0 Å². The number of rotatable bonds is 4. The Morgan fingerprint density at radius 2 is 1.76 bits per heavy atom. The van der Waals surface area contributed by atoms with Gasteiger partial charge in [-0.3, -0.25) is 9.59 Å². The Kier molecular flexibility index (Phi) is 5.85. The monoisotopic (exact) mass is 404 g/mol. The molecule has 2 aromatic rings. The fourth-order valence-electron chi connectivity index (χ4n) is 2.03. The van der Waals surface area contributed by atoms with Gasteiger partial charge in [0.15, 0.2) is 0 Å². The number of methoxy groups -OCH3 is 1. The topological polar surface area (TPSA) is 67.4 Å². The van der Waals surface area contributed by atoms with Crippen molar-refractivity contribution in [1.29, 1.82) is 0 Å². The predicted octanol–water partition coefficient (Wildman–Crippen LogP) is 4.69. The number of benzene rings is 2. The van der Waals surface area contributed by atoms with Gasteiger partial charge in [0.2, 0.25) is 5.91 Å². The molecule has 0 aliphatic rings. The molecule has 0 unspecified atom stereocenters. The summed E-state index contributed by atoms with van der Waals surface area (Å²) in [7, 11) is 1.54. The second-order valence-electron chi connectivity index (χ2n) is 6.58. The highest BCUT2D eigenvalue weighted by molar-refractivity contribution is 9.10. The van der Waals surface area contributed by atoms with Crippen LogP contribution in [0.15, 0.2) is 46.9 Å². The zero-order chi connectivity index (χ0) is 18.6. The van der Waals surface area contributed by atoms with Crippen LogP contribution in [0.2, 0.25) is 0 Å². The molecule has 2 N–H and O–H groups in total. The van der Waals surface area contributed by atoms with E-state index in [-0.39, 0.29) is 11.8 Å². The largest absolute Gasteiger partial charge is 0.495 e. The number of carbonyl (C=O) groups excluding carboxylic acids is 2. The van der Waals surface area contributed by atoms with Crippen LogP contribution in [0.5, 0.6) is 5.75 Å². The maximum absolute atomic E-state index is 12.5. The van der Waals surface area contributed by atoms with Crippen LogP contribution in [0, 0.1) is 5.41 Å². The maximum atomic E-state index is 12.5. The SMILES string of the molecule is COc1ccc(Br)cc1NC(=O)c1cccc(NC(=O)C(C)(C)C)c1. The summed E-state index contributed by atoms with van der Waals surface area (Å²) in [5.74, 6) is 0.163. The van der Waals surface area contributed by atoms with Crippen molar-refractivity contribution < 1.29 is 14.3 Å². The third-order valence-corrected chi connectivity index (χ3v) is 3.97. The first kappa shape index (κ1) is 19.0. The number of nitrogens with one attached hydrogen (secondary N) is 2. The van der Waals surface area contributed by atoms with Gasteiger partial charge in [-0.1, -0.05) is 42.8 Å². The molecule has 2 rings (SSSR count). The van der Waals surface area contributed by atoms with E-state index in [0.29, 0.717) is 22.7 Å². The molecule has 0 fully saturated rings. The van der Waals surface area contributed by atoms with Gasteiger partial charge in [-0.2, -0.15) is 0 Å². The molecule has 0 bridgehead atoms. The van der Waals surface area contributed by atoms with E-state index in [0.717, 1.165) is 4.47 Å². The summed E-state index contributed by atoms with van der Waals surface area (Å²) in [6, 6.07) is 12.2. The Bertz CT molecular complexity index is 797. The smallest absolute Gasteiger partial charge is 0.255 e. The van der Waals surface area contributed by atoms with Crippen molar-refractivity contribution in [1.82, 2.24) is 0 Å². The van der Waals surface area contributed by atoms with Gasteiger partial charge in [0.05, 0.1) is 12.8 Å². The molecule has 0 aromatic heterocycles. The van der Waals surface area contributed by atoms with Gasteiger partial charge >= 0.3 is 0 Å². The van der Waals surface area contributed by atoms with Crippen LogP contribution in [-0.2, 0) is 4.79 Å². The van der Waals surface area contributed by atoms with Crippen LogP contribution < -0.4 is 15.4 Å². The molecule has 2 aromatic carbocycles. The lowest BCUT2D eigenvalue weighted by Crippen LogP contribution is -2.27. The van der Waals surface area contributed by atoms with E-state index in [9.17, 15) is 9.59 Å². The average molecular weight is 405 g/mol. The first-order valence-corrected chi connectivity index (χ1v) is 8.56. The minimum atomic E-state index is -0.512. The molecule has 2 amide bonds. The van der Waals surface area contributed by atoms with Crippen LogP contribution >= 0.6 is 15.9 Å². The van der Waals surface area contributed by atoms with Gasteiger partial charge in [-0.15, -0.1) is 0 Å². The van der Waals surface area contributed by atoms with E-state index in [2.05, 4.69) is 26.6 Å². The van der Waals surface area contributed by atoms with E-state index in [1.54, 1.807) is 43.5 Å². The van der Waals surface area contributed by atoms with Gasteiger partial charge in [0.1, 0.15) is 5.75 Å². The van der Waals surface area contributed by atoms with Crippen molar-refractivity contribution in [3.8, 4) is 5.75 Å². The Labute approximate surface area is 155 Å². The normalized spacial score (nSPS) is 10.9. The Balaban J connectivity index is 2.19. The summed E-state index contributed by atoms with van der Waals surface area (Å²) in [5, 5.41) is 5.64. The first-order valence-electron chi connectivity index (χ1n) is 7.77. The molecule has 132 valence electrons. The van der Waals surface area contributed by atoms with Crippen molar-refractivity contribution in [2.45, 2.75) is 20.8 Å². The fourth-order valence-corrected chi connectivity index (χ4v) is 2.39. The van der Waals surface area contributed by atoms with E-state index < -0.39 is 5.41 Å². The third kappa shape index (κ3) is 5.06. The van der Waals surface area contributed by atoms with Crippen molar-refractivity contribution in [3.05, 3.63) is 52.5 Å². The molecule has 6 heteroatoms. The van der Waals surface area contributed by atoms with Crippen LogP contribution in [0.3, 0.4) is 0 Å². The summed E-state index contributed by atoms with van der Waals surface area (Å²) in [5.41, 5.74) is 1.07. The van der Waals surface area contributed by atoms with E-state index in [4.69, 9.17) is 4.74 Å². The Morgan fingerprint density at radius 1 is 1.04 bits per heavy atom. The second kappa shape index (κ2) is 7.70. The van der Waals surface area contributed by atoms with Gasteiger partial charge in [-0.05, 0) is 36.4 Å². The van der Waals surface area contributed by atoms with Crippen LogP contribution in [0.4, 0.5) is 11.4 Å². The molecule has 0 saturated heterocycles. The molecule has 0 spiro atoms. The standard InChI is InChI=1S/C19H21BrN2O3/c1-19(2,3)18(24)21-14-7-5-6-12(10-14)17(23)22-15-11-13(20)8-9-16(15)25-4/h5-11H,1-4H3,(H,21,24)(H,22,23). The number of amides is 2. The summed E-state index contributed by atoms with van der Waals surface area (Å²) in [6.07, 6.45) is 0. The Morgan fingerprint density at radius 3 is 2.40 bits per heavy atom. The molecule has 25 heavy (non-hydrogen) atoms. The van der Waals surface area contributed by atoms with Crippen LogP contribution in [0.25, 0.3) is 0 Å². The van der Waals surface area contributed by atoms with E-state index in [1.165, 1.54) is 0 Å². The predicted molar refractivity (Wildman–Crippen MR) is 103 cm³/mol. The number of hydrogen-bond donors (Lipinski definition) is 2. The molecular formula is C19H21BrN2O3. The quantitative estimate of drug-likeness (QED) is 0.775. The van der Waals surface area contributed by atoms with Crippen molar-refractivity contribution >= 4 is 39.1 Å². The minimum Gasteiger partial charge on any atom is -0.495 e. The highest BCUT2D eigenvalue weighted by atomic mass is 79.9. The minimum absolute atomic E-state index is 0.112. The summed E-state index contributed by atoms with van der Waals surface area (Å²) >= 11 is 3.37. The number of hydrogen-bond acceptors (Lipinski definition) is 3. The van der Waals surface area contributed by atoms with Crippen molar-refractivity contribution in [2.24, 2.45) is 5.41 Å². The van der Waals surface area contributed by atoms with Gasteiger partial charge in [0, 0.05) is 21.1 Å². The second-order valence-corrected chi connectivity index (χ2v) is 7.50.